The second-order valence-electron chi connectivity index (χ2n) is 5.93. The van der Waals surface area contributed by atoms with Crippen LogP contribution in [0.25, 0.3) is 0 Å². The first-order valence-electron chi connectivity index (χ1n) is 8.02. The van der Waals surface area contributed by atoms with E-state index in [9.17, 15) is 13.2 Å². The minimum Gasteiger partial charge on any atom is -0.497 e. The molecule has 0 bridgehead atoms. The first kappa shape index (κ1) is 18.1. The number of carbonyl (C=O) groups excluding carboxylic acids is 1. The van der Waals surface area contributed by atoms with Crippen molar-refractivity contribution in [2.75, 3.05) is 24.2 Å². The van der Waals surface area contributed by atoms with Crippen LogP contribution in [0.3, 0.4) is 0 Å². The van der Waals surface area contributed by atoms with Gasteiger partial charge in [-0.15, -0.1) is 0 Å². The van der Waals surface area contributed by atoms with E-state index in [1.807, 2.05) is 12.1 Å². The maximum absolute atomic E-state index is 12.5. The molecule has 138 valence electrons. The van der Waals surface area contributed by atoms with Gasteiger partial charge in [0, 0.05) is 6.54 Å². The molecule has 0 saturated carbocycles. The summed E-state index contributed by atoms with van der Waals surface area (Å²) in [5, 5.41) is 2.78. The van der Waals surface area contributed by atoms with Crippen molar-refractivity contribution in [1.29, 1.82) is 0 Å². The predicted octanol–water partition coefficient (Wildman–Crippen LogP) is 1.54. The normalized spacial score (nSPS) is 16.4. The number of amides is 1. The van der Waals surface area contributed by atoms with Crippen LogP contribution in [0, 0.1) is 0 Å². The van der Waals surface area contributed by atoms with Gasteiger partial charge in [-0.3, -0.25) is 9.10 Å². The Morgan fingerprint density at radius 3 is 2.58 bits per heavy atom. The molecule has 0 radical (unpaired) electrons. The lowest BCUT2D eigenvalue weighted by Crippen LogP contribution is -2.50. The van der Waals surface area contributed by atoms with Gasteiger partial charge in [-0.2, -0.15) is 0 Å². The zero-order valence-electron chi connectivity index (χ0n) is 14.5. The number of hydrogen-bond donors (Lipinski definition) is 1. The lowest BCUT2D eigenvalue weighted by atomic mass is 10.2. The molecule has 2 aromatic carbocycles. The molecule has 7 nitrogen and oxygen atoms in total. The van der Waals surface area contributed by atoms with Crippen LogP contribution in [-0.4, -0.2) is 40.3 Å². The fourth-order valence-corrected chi connectivity index (χ4v) is 3.61. The quantitative estimate of drug-likeness (QED) is 0.856. The van der Waals surface area contributed by atoms with Crippen molar-refractivity contribution in [3.8, 4) is 11.5 Å². The summed E-state index contributed by atoms with van der Waals surface area (Å²) in [6, 6.07) is 14.1. The Bertz CT molecular complexity index is 896. The summed E-state index contributed by atoms with van der Waals surface area (Å²) >= 11 is 0. The minimum atomic E-state index is -3.52. The molecule has 3 rings (SSSR count). The van der Waals surface area contributed by atoms with Crippen molar-refractivity contribution < 1.29 is 22.7 Å². The smallest absolute Gasteiger partial charge is 0.263 e. The topological polar surface area (TPSA) is 84.9 Å². The molecule has 1 N–H and O–H groups in total. The number of anilines is 1. The van der Waals surface area contributed by atoms with Crippen LogP contribution in [0.15, 0.2) is 48.5 Å². The van der Waals surface area contributed by atoms with Gasteiger partial charge in [0.05, 0.1) is 25.6 Å². The molecule has 1 aliphatic rings. The molecule has 1 unspecified atom stereocenters. The van der Waals surface area contributed by atoms with Gasteiger partial charge in [-0.25, -0.2) is 8.42 Å². The molecular weight excluding hydrogens is 356 g/mol. The van der Waals surface area contributed by atoms with Crippen LogP contribution in [0.4, 0.5) is 5.69 Å². The predicted molar refractivity (Wildman–Crippen MR) is 97.9 cm³/mol. The summed E-state index contributed by atoms with van der Waals surface area (Å²) in [6.07, 6.45) is 0.194. The van der Waals surface area contributed by atoms with Gasteiger partial charge in [0.2, 0.25) is 10.0 Å². The summed E-state index contributed by atoms with van der Waals surface area (Å²) < 4.78 is 36.2. The van der Waals surface area contributed by atoms with Crippen molar-refractivity contribution in [1.82, 2.24) is 5.32 Å². The number of fused-ring (bicyclic) bond motifs is 1. The zero-order valence-corrected chi connectivity index (χ0v) is 15.3. The number of benzene rings is 2. The van der Waals surface area contributed by atoms with Crippen molar-refractivity contribution in [2.45, 2.75) is 12.6 Å². The van der Waals surface area contributed by atoms with Gasteiger partial charge >= 0.3 is 0 Å². The highest BCUT2D eigenvalue weighted by molar-refractivity contribution is 7.92. The van der Waals surface area contributed by atoms with Crippen LogP contribution in [0.2, 0.25) is 0 Å². The Kier molecular flexibility index (Phi) is 5.03. The lowest BCUT2D eigenvalue weighted by Gasteiger charge is -2.33. The third kappa shape index (κ3) is 3.91. The van der Waals surface area contributed by atoms with Crippen molar-refractivity contribution in [3.05, 3.63) is 54.1 Å². The van der Waals surface area contributed by atoms with Gasteiger partial charge in [0.25, 0.3) is 5.91 Å². The lowest BCUT2D eigenvalue weighted by molar-refractivity contribution is -0.127. The van der Waals surface area contributed by atoms with Crippen LogP contribution in [0.1, 0.15) is 5.56 Å². The monoisotopic (exact) mass is 376 g/mol. The van der Waals surface area contributed by atoms with Crippen LogP contribution >= 0.6 is 0 Å². The number of rotatable bonds is 5. The summed E-state index contributed by atoms with van der Waals surface area (Å²) in [5.41, 5.74) is 1.34. The number of para-hydroxylation sites is 2. The van der Waals surface area contributed by atoms with Gasteiger partial charge < -0.3 is 14.8 Å². The van der Waals surface area contributed by atoms with E-state index in [0.717, 1.165) is 17.6 Å². The summed E-state index contributed by atoms with van der Waals surface area (Å²) in [5.74, 6) is 0.730. The molecule has 0 spiro atoms. The first-order valence-corrected chi connectivity index (χ1v) is 9.87. The Morgan fingerprint density at radius 2 is 1.92 bits per heavy atom. The molecule has 1 amide bonds. The molecule has 0 aliphatic carbocycles. The highest BCUT2D eigenvalue weighted by Gasteiger charge is 2.34. The minimum absolute atomic E-state index is 0.0652. The molecule has 8 heteroatoms. The number of carbonyl (C=O) groups is 1. The molecule has 0 saturated heterocycles. The molecular formula is C18H20N2O5S. The van der Waals surface area contributed by atoms with Gasteiger partial charge in [-0.1, -0.05) is 24.3 Å². The number of sulfonamides is 1. The van der Waals surface area contributed by atoms with Gasteiger partial charge in [0.15, 0.2) is 6.10 Å². The molecule has 1 heterocycles. The molecule has 0 aromatic heterocycles. The molecule has 0 fully saturated rings. The highest BCUT2D eigenvalue weighted by Crippen LogP contribution is 2.34. The molecule has 1 aliphatic heterocycles. The van der Waals surface area contributed by atoms with E-state index in [2.05, 4.69) is 5.32 Å². The summed E-state index contributed by atoms with van der Waals surface area (Å²) in [6.45, 7) is 0.244. The van der Waals surface area contributed by atoms with E-state index in [1.54, 1.807) is 43.5 Å². The van der Waals surface area contributed by atoms with E-state index in [4.69, 9.17) is 9.47 Å². The highest BCUT2D eigenvalue weighted by atomic mass is 32.2. The number of ether oxygens (including phenoxy) is 2. The third-order valence-electron chi connectivity index (χ3n) is 4.05. The van der Waals surface area contributed by atoms with E-state index in [-0.39, 0.29) is 12.5 Å². The van der Waals surface area contributed by atoms with Crippen LogP contribution in [0.5, 0.6) is 11.5 Å². The zero-order chi connectivity index (χ0) is 18.7. The largest absolute Gasteiger partial charge is 0.497 e. The average Bonchev–Trinajstić information content (AvgIpc) is 2.64. The van der Waals surface area contributed by atoms with E-state index in [0.29, 0.717) is 18.0 Å². The number of nitrogens with zero attached hydrogens (tertiary/aromatic N) is 1. The maximum atomic E-state index is 12.5. The standard InChI is InChI=1S/C18H20N2O5S/c1-24-14-9-7-13(8-10-14)11-19-18(21)17-12-20(26(2,22)23)15-5-3-4-6-16(15)25-17/h3-10,17H,11-12H2,1-2H3,(H,19,21). The first-order chi connectivity index (χ1) is 12.4. The van der Waals surface area contributed by atoms with Crippen molar-refractivity contribution in [3.63, 3.8) is 0 Å². The van der Waals surface area contributed by atoms with Crippen molar-refractivity contribution in [2.24, 2.45) is 0 Å². The summed E-state index contributed by atoms with van der Waals surface area (Å²) in [4.78, 5) is 12.5. The van der Waals surface area contributed by atoms with Crippen LogP contribution < -0.4 is 19.1 Å². The van der Waals surface area contributed by atoms with Gasteiger partial charge in [0.1, 0.15) is 11.5 Å². The SMILES string of the molecule is COc1ccc(CNC(=O)C2CN(S(C)(=O)=O)c3ccccc3O2)cc1. The second kappa shape index (κ2) is 7.25. The van der Waals surface area contributed by atoms with Gasteiger partial charge in [-0.05, 0) is 29.8 Å². The van der Waals surface area contributed by atoms with Crippen LogP contribution in [-0.2, 0) is 21.4 Å². The number of hydrogen-bond acceptors (Lipinski definition) is 5. The fourth-order valence-electron chi connectivity index (χ4n) is 2.70. The maximum Gasteiger partial charge on any atom is 0.263 e. The number of nitrogens with one attached hydrogen (secondary N) is 1. The average molecular weight is 376 g/mol. The third-order valence-corrected chi connectivity index (χ3v) is 5.20. The Morgan fingerprint density at radius 1 is 1.23 bits per heavy atom. The van der Waals surface area contributed by atoms with E-state index in [1.165, 1.54) is 4.31 Å². The Hall–Kier alpha value is -2.74. The van der Waals surface area contributed by atoms with E-state index >= 15 is 0 Å². The number of methoxy groups -OCH3 is 1. The Labute approximate surface area is 152 Å². The molecule has 1 atom stereocenters. The Balaban J connectivity index is 1.71. The molecule has 2 aromatic rings. The summed E-state index contributed by atoms with van der Waals surface area (Å²) in [7, 11) is -1.94. The fraction of sp³-hybridized carbons (Fsp3) is 0.278. The molecule has 26 heavy (non-hydrogen) atoms. The van der Waals surface area contributed by atoms with Crippen molar-refractivity contribution >= 4 is 21.6 Å². The van der Waals surface area contributed by atoms with E-state index < -0.39 is 16.1 Å². The second-order valence-corrected chi connectivity index (χ2v) is 7.84.